The molecule has 5 nitrogen and oxygen atoms in total. The minimum atomic E-state index is -0.243. The number of ether oxygens (including phenoxy) is 1. The largest absolute Gasteiger partial charge is 0.483 e. The van der Waals surface area contributed by atoms with Crippen LogP contribution in [-0.4, -0.2) is 25.5 Å². The van der Waals surface area contributed by atoms with Gasteiger partial charge in [0.2, 0.25) is 5.91 Å². The van der Waals surface area contributed by atoms with Crippen molar-refractivity contribution in [2.45, 2.75) is 19.8 Å². The molecule has 2 N–H and O–H groups in total. The van der Waals surface area contributed by atoms with E-state index in [1.807, 2.05) is 31.2 Å². The number of rotatable bonds is 7. The van der Waals surface area contributed by atoms with Crippen LogP contribution in [0.1, 0.15) is 17.5 Å². The van der Waals surface area contributed by atoms with Gasteiger partial charge in [-0.3, -0.25) is 9.59 Å². The van der Waals surface area contributed by atoms with Gasteiger partial charge in [0.25, 0.3) is 5.91 Å². The van der Waals surface area contributed by atoms with E-state index in [1.54, 1.807) is 25.2 Å². The second kappa shape index (κ2) is 9.08. The monoisotopic (exact) mass is 360 g/mol. The van der Waals surface area contributed by atoms with Crippen LogP contribution in [-0.2, 0) is 16.0 Å². The highest BCUT2D eigenvalue weighted by Gasteiger charge is 2.06. The molecule has 0 aromatic heterocycles. The van der Waals surface area contributed by atoms with Crippen LogP contribution in [0.4, 0.5) is 5.69 Å². The molecular weight excluding hydrogens is 340 g/mol. The van der Waals surface area contributed by atoms with Crippen LogP contribution in [0, 0.1) is 6.92 Å². The summed E-state index contributed by atoms with van der Waals surface area (Å²) in [5.41, 5.74) is 2.60. The summed E-state index contributed by atoms with van der Waals surface area (Å²) in [7, 11) is 1.62. The maximum Gasteiger partial charge on any atom is 0.262 e. The smallest absolute Gasteiger partial charge is 0.262 e. The first-order valence-electron chi connectivity index (χ1n) is 7.96. The van der Waals surface area contributed by atoms with Gasteiger partial charge in [0.05, 0.1) is 0 Å². The van der Waals surface area contributed by atoms with Crippen LogP contribution in [0.25, 0.3) is 0 Å². The molecule has 0 aliphatic heterocycles. The lowest BCUT2D eigenvalue weighted by Gasteiger charge is -2.10. The van der Waals surface area contributed by atoms with Gasteiger partial charge in [-0.1, -0.05) is 23.7 Å². The van der Waals surface area contributed by atoms with Gasteiger partial charge in [0.1, 0.15) is 5.75 Å². The van der Waals surface area contributed by atoms with Crippen LogP contribution >= 0.6 is 11.6 Å². The molecule has 0 unspecified atom stereocenters. The van der Waals surface area contributed by atoms with Crippen molar-refractivity contribution in [1.82, 2.24) is 5.32 Å². The molecule has 0 radical (unpaired) electrons. The Labute approximate surface area is 152 Å². The van der Waals surface area contributed by atoms with Gasteiger partial charge in [0.15, 0.2) is 6.61 Å². The van der Waals surface area contributed by atoms with Crippen LogP contribution in [0.3, 0.4) is 0 Å². The van der Waals surface area contributed by atoms with Crippen molar-refractivity contribution >= 4 is 29.1 Å². The van der Waals surface area contributed by atoms with Crippen molar-refractivity contribution in [3.8, 4) is 5.75 Å². The number of anilines is 1. The molecule has 25 heavy (non-hydrogen) atoms. The first-order chi connectivity index (χ1) is 12.0. The first-order valence-corrected chi connectivity index (χ1v) is 8.34. The van der Waals surface area contributed by atoms with Crippen molar-refractivity contribution < 1.29 is 14.3 Å². The molecule has 0 atom stereocenters. The van der Waals surface area contributed by atoms with E-state index in [2.05, 4.69) is 10.6 Å². The SMILES string of the molecule is CNC(=O)CCc1ccc(NC(=O)COc2ccc(Cl)cc2C)cc1. The van der Waals surface area contributed by atoms with Gasteiger partial charge in [-0.25, -0.2) is 0 Å². The number of amides is 2. The molecule has 2 amide bonds. The molecule has 0 heterocycles. The second-order valence-electron chi connectivity index (χ2n) is 5.62. The number of benzene rings is 2. The van der Waals surface area contributed by atoms with Crippen LogP contribution in [0.15, 0.2) is 42.5 Å². The van der Waals surface area contributed by atoms with E-state index in [1.165, 1.54) is 0 Å². The average molecular weight is 361 g/mol. The maximum atomic E-state index is 12.0. The third-order valence-electron chi connectivity index (χ3n) is 3.65. The molecule has 0 saturated carbocycles. The number of nitrogens with one attached hydrogen (secondary N) is 2. The standard InChI is InChI=1S/C19H21ClN2O3/c1-13-11-15(20)6-9-17(13)25-12-19(24)22-16-7-3-14(4-8-16)5-10-18(23)21-2/h3-4,6-9,11H,5,10,12H2,1-2H3,(H,21,23)(H,22,24). The minimum absolute atomic E-state index is 0.00650. The van der Waals surface area contributed by atoms with Crippen molar-refractivity contribution in [3.05, 3.63) is 58.6 Å². The molecule has 0 aliphatic carbocycles. The number of carbonyl (C=O) groups is 2. The molecule has 2 aromatic rings. The molecule has 2 rings (SSSR count). The molecule has 2 aromatic carbocycles. The summed E-state index contributed by atoms with van der Waals surface area (Å²) in [5.74, 6) is 0.392. The molecule has 0 saturated heterocycles. The number of halogens is 1. The Morgan fingerprint density at radius 1 is 1.08 bits per heavy atom. The van der Waals surface area contributed by atoms with E-state index in [0.717, 1.165) is 11.1 Å². The van der Waals surface area contributed by atoms with Gasteiger partial charge in [0, 0.05) is 24.2 Å². The molecule has 132 valence electrons. The van der Waals surface area contributed by atoms with Crippen LogP contribution in [0.5, 0.6) is 5.75 Å². The Morgan fingerprint density at radius 2 is 1.80 bits per heavy atom. The molecule has 0 fully saturated rings. The van der Waals surface area contributed by atoms with E-state index >= 15 is 0 Å². The van der Waals surface area contributed by atoms with E-state index in [9.17, 15) is 9.59 Å². The predicted molar refractivity (Wildman–Crippen MR) is 99.1 cm³/mol. The summed E-state index contributed by atoms with van der Waals surface area (Å²) >= 11 is 5.89. The number of hydrogen-bond acceptors (Lipinski definition) is 3. The summed E-state index contributed by atoms with van der Waals surface area (Å²) in [6, 6.07) is 12.7. The maximum absolute atomic E-state index is 12.0. The average Bonchev–Trinajstić information content (AvgIpc) is 2.60. The Morgan fingerprint density at radius 3 is 2.44 bits per heavy atom. The summed E-state index contributed by atoms with van der Waals surface area (Å²) in [6.45, 7) is 1.79. The van der Waals surface area contributed by atoms with Gasteiger partial charge >= 0.3 is 0 Å². The van der Waals surface area contributed by atoms with Gasteiger partial charge in [-0.15, -0.1) is 0 Å². The van der Waals surface area contributed by atoms with E-state index in [-0.39, 0.29) is 18.4 Å². The number of aryl methyl sites for hydroxylation is 2. The Hall–Kier alpha value is -2.53. The third kappa shape index (κ3) is 6.12. The van der Waals surface area contributed by atoms with Gasteiger partial charge in [-0.05, 0) is 54.8 Å². The van der Waals surface area contributed by atoms with E-state index in [0.29, 0.717) is 29.3 Å². The highest BCUT2D eigenvalue weighted by Crippen LogP contribution is 2.21. The summed E-state index contributed by atoms with van der Waals surface area (Å²) in [6.07, 6.45) is 1.10. The first kappa shape index (κ1) is 18.8. The fourth-order valence-electron chi connectivity index (χ4n) is 2.25. The highest BCUT2D eigenvalue weighted by atomic mass is 35.5. The number of carbonyl (C=O) groups excluding carboxylic acids is 2. The van der Waals surface area contributed by atoms with Crippen molar-refractivity contribution in [1.29, 1.82) is 0 Å². The molecule has 0 aliphatic rings. The lowest BCUT2D eigenvalue weighted by Crippen LogP contribution is -2.20. The lowest BCUT2D eigenvalue weighted by molar-refractivity contribution is -0.120. The zero-order chi connectivity index (χ0) is 18.2. The normalized spacial score (nSPS) is 10.2. The Balaban J connectivity index is 1.82. The Bertz CT molecular complexity index is 745. The molecular formula is C19H21ClN2O3. The van der Waals surface area contributed by atoms with Crippen molar-refractivity contribution in [2.24, 2.45) is 0 Å². The zero-order valence-electron chi connectivity index (χ0n) is 14.3. The summed E-state index contributed by atoms with van der Waals surface area (Å²) < 4.78 is 5.51. The van der Waals surface area contributed by atoms with Crippen LogP contribution < -0.4 is 15.4 Å². The lowest BCUT2D eigenvalue weighted by atomic mass is 10.1. The number of hydrogen-bond donors (Lipinski definition) is 2. The van der Waals surface area contributed by atoms with E-state index in [4.69, 9.17) is 16.3 Å². The van der Waals surface area contributed by atoms with Crippen LogP contribution in [0.2, 0.25) is 5.02 Å². The molecule has 0 spiro atoms. The minimum Gasteiger partial charge on any atom is -0.483 e. The third-order valence-corrected chi connectivity index (χ3v) is 3.89. The Kier molecular flexibility index (Phi) is 6.83. The fraction of sp³-hybridized carbons (Fsp3) is 0.263. The second-order valence-corrected chi connectivity index (χ2v) is 6.05. The predicted octanol–water partition coefficient (Wildman–Crippen LogP) is 3.34. The summed E-state index contributed by atoms with van der Waals surface area (Å²) in [5, 5.41) is 6.00. The summed E-state index contributed by atoms with van der Waals surface area (Å²) in [4.78, 5) is 23.2. The fourth-order valence-corrected chi connectivity index (χ4v) is 2.48. The highest BCUT2D eigenvalue weighted by molar-refractivity contribution is 6.30. The zero-order valence-corrected chi connectivity index (χ0v) is 15.0. The van der Waals surface area contributed by atoms with Crippen molar-refractivity contribution in [2.75, 3.05) is 19.0 Å². The van der Waals surface area contributed by atoms with Gasteiger partial charge < -0.3 is 15.4 Å². The molecule has 0 bridgehead atoms. The van der Waals surface area contributed by atoms with E-state index < -0.39 is 0 Å². The molecule has 6 heteroatoms. The van der Waals surface area contributed by atoms with Gasteiger partial charge in [-0.2, -0.15) is 0 Å². The topological polar surface area (TPSA) is 67.4 Å². The van der Waals surface area contributed by atoms with Crippen molar-refractivity contribution in [3.63, 3.8) is 0 Å². The quantitative estimate of drug-likeness (QED) is 0.795.